The molecule has 1 atom stereocenters. The van der Waals surface area contributed by atoms with Gasteiger partial charge in [-0.1, -0.05) is 19.3 Å². The van der Waals surface area contributed by atoms with Crippen LogP contribution in [0.4, 0.5) is 0 Å². The van der Waals surface area contributed by atoms with E-state index in [4.69, 9.17) is 9.47 Å². The normalized spacial score (nSPS) is 30.6. The molecule has 3 spiro atoms. The number of hydrogen-bond acceptors (Lipinski definition) is 5. The van der Waals surface area contributed by atoms with Gasteiger partial charge < -0.3 is 14.4 Å². The van der Waals surface area contributed by atoms with Crippen molar-refractivity contribution in [3.63, 3.8) is 0 Å². The van der Waals surface area contributed by atoms with Gasteiger partial charge in [0, 0.05) is 24.2 Å². The Morgan fingerprint density at radius 1 is 0.815 bits per heavy atom. The van der Waals surface area contributed by atoms with Crippen LogP contribution in [-0.2, 0) is 26.5 Å². The number of likely N-dealkylation sites (tertiary alicyclic amines) is 1. The SMILES string of the molecule is CN1CCC2(CC1)OC1(OC3(CCCCC3)c3ccsc31)c1sccc12.Cl. The highest BCUT2D eigenvalue weighted by Gasteiger charge is 2.65. The molecule has 4 aliphatic rings. The van der Waals surface area contributed by atoms with Crippen molar-refractivity contribution in [2.45, 2.75) is 61.9 Å². The quantitative estimate of drug-likeness (QED) is 0.552. The summed E-state index contributed by atoms with van der Waals surface area (Å²) in [4.78, 5) is 5.08. The molecule has 146 valence electrons. The van der Waals surface area contributed by atoms with Crippen LogP contribution in [0.3, 0.4) is 0 Å². The van der Waals surface area contributed by atoms with E-state index in [2.05, 4.69) is 34.8 Å². The lowest BCUT2D eigenvalue weighted by atomic mass is 9.81. The average Bonchev–Trinajstić information content (AvgIpc) is 3.40. The third-order valence-corrected chi connectivity index (χ3v) is 9.04. The maximum absolute atomic E-state index is 7.08. The van der Waals surface area contributed by atoms with E-state index < -0.39 is 5.79 Å². The Morgan fingerprint density at radius 3 is 1.89 bits per heavy atom. The molecule has 0 bridgehead atoms. The van der Waals surface area contributed by atoms with Crippen molar-refractivity contribution in [2.24, 2.45) is 0 Å². The summed E-state index contributed by atoms with van der Waals surface area (Å²) in [5.41, 5.74) is 2.55. The minimum absolute atomic E-state index is 0. The summed E-state index contributed by atoms with van der Waals surface area (Å²) in [6.07, 6.45) is 8.25. The van der Waals surface area contributed by atoms with E-state index in [9.17, 15) is 0 Å². The van der Waals surface area contributed by atoms with E-state index in [0.717, 1.165) is 38.8 Å². The molecule has 3 aliphatic heterocycles. The Bertz CT molecular complexity index is 848. The van der Waals surface area contributed by atoms with Gasteiger partial charge in [0.1, 0.15) is 5.60 Å². The van der Waals surface area contributed by atoms with Gasteiger partial charge in [0.15, 0.2) is 0 Å². The second-order valence-electron chi connectivity index (χ2n) is 8.50. The van der Waals surface area contributed by atoms with Crippen LogP contribution in [0, 0.1) is 0 Å². The number of fused-ring (bicyclic) bond motifs is 6. The molecule has 0 N–H and O–H groups in total. The number of ether oxygens (including phenoxy) is 2. The summed E-state index contributed by atoms with van der Waals surface area (Å²) >= 11 is 3.67. The number of piperidine rings is 1. The molecule has 6 heteroatoms. The van der Waals surface area contributed by atoms with Gasteiger partial charge in [-0.15, -0.1) is 35.1 Å². The van der Waals surface area contributed by atoms with E-state index in [0.29, 0.717) is 0 Å². The maximum atomic E-state index is 7.08. The standard InChI is InChI=1S/C21H25NO2S2.ClH/c1-22-11-9-20(10-12-22)16-6-14-26-18(16)21(24-20)17-15(5-13-25-17)19(23-21)7-3-2-4-8-19;/h5-6,13-14H,2-4,7-12H2,1H3;1H. The lowest BCUT2D eigenvalue weighted by molar-refractivity contribution is -0.299. The first-order valence-corrected chi connectivity index (χ1v) is 11.7. The van der Waals surface area contributed by atoms with Crippen LogP contribution in [0.25, 0.3) is 0 Å². The predicted octanol–water partition coefficient (Wildman–Crippen LogP) is 5.57. The molecule has 0 radical (unpaired) electrons. The molecule has 2 aromatic heterocycles. The van der Waals surface area contributed by atoms with Crippen LogP contribution >= 0.6 is 35.1 Å². The largest absolute Gasteiger partial charge is 0.329 e. The molecule has 1 aliphatic carbocycles. The first-order chi connectivity index (χ1) is 12.7. The van der Waals surface area contributed by atoms with Gasteiger partial charge in [0.05, 0.1) is 15.4 Å². The van der Waals surface area contributed by atoms with Crippen LogP contribution in [0.5, 0.6) is 0 Å². The average molecular weight is 424 g/mol. The molecular weight excluding hydrogens is 398 g/mol. The van der Waals surface area contributed by atoms with Gasteiger partial charge in [-0.3, -0.25) is 0 Å². The summed E-state index contributed by atoms with van der Waals surface area (Å²) < 4.78 is 14.2. The van der Waals surface area contributed by atoms with Gasteiger partial charge in [-0.2, -0.15) is 0 Å². The molecule has 3 nitrogen and oxygen atoms in total. The zero-order valence-electron chi connectivity index (χ0n) is 15.7. The van der Waals surface area contributed by atoms with Crippen molar-refractivity contribution < 1.29 is 9.47 Å². The van der Waals surface area contributed by atoms with Crippen LogP contribution in [0.1, 0.15) is 65.8 Å². The van der Waals surface area contributed by atoms with Crippen molar-refractivity contribution >= 4 is 35.1 Å². The fourth-order valence-electron chi connectivity index (χ4n) is 5.66. The molecule has 1 saturated carbocycles. The van der Waals surface area contributed by atoms with E-state index in [-0.39, 0.29) is 23.6 Å². The van der Waals surface area contributed by atoms with Crippen LogP contribution in [0.2, 0.25) is 0 Å². The van der Waals surface area contributed by atoms with Crippen molar-refractivity contribution in [3.05, 3.63) is 43.8 Å². The molecule has 2 fully saturated rings. The summed E-state index contributed by atoms with van der Waals surface area (Å²) in [5.74, 6) is -0.639. The molecule has 0 aromatic carbocycles. The molecule has 1 saturated heterocycles. The topological polar surface area (TPSA) is 21.7 Å². The molecule has 0 amide bonds. The lowest BCUT2D eigenvalue weighted by Crippen LogP contribution is -2.43. The summed E-state index contributed by atoms with van der Waals surface area (Å²) in [6.45, 7) is 2.18. The first kappa shape index (κ1) is 18.6. The zero-order valence-corrected chi connectivity index (χ0v) is 18.1. The minimum Gasteiger partial charge on any atom is -0.329 e. The van der Waals surface area contributed by atoms with E-state index in [1.165, 1.54) is 40.1 Å². The van der Waals surface area contributed by atoms with Crippen LogP contribution in [0.15, 0.2) is 22.9 Å². The highest BCUT2D eigenvalue weighted by molar-refractivity contribution is 7.12. The number of hydrogen-bond donors (Lipinski definition) is 0. The number of rotatable bonds is 0. The Balaban J connectivity index is 0.00000160. The van der Waals surface area contributed by atoms with Gasteiger partial charge in [0.25, 0.3) is 0 Å². The number of nitrogens with zero attached hydrogens (tertiary/aromatic N) is 1. The molecule has 1 unspecified atom stereocenters. The summed E-state index contributed by atoms with van der Waals surface area (Å²) in [6, 6.07) is 4.62. The number of thiophene rings is 2. The number of halogens is 1. The highest BCUT2D eigenvalue weighted by atomic mass is 35.5. The Kier molecular flexibility index (Phi) is 4.33. The van der Waals surface area contributed by atoms with Gasteiger partial charge in [0.2, 0.25) is 5.79 Å². The Morgan fingerprint density at radius 2 is 1.33 bits per heavy atom. The van der Waals surface area contributed by atoms with Crippen LogP contribution < -0.4 is 0 Å². The minimum atomic E-state index is -0.639. The molecule has 5 heterocycles. The van der Waals surface area contributed by atoms with Crippen molar-refractivity contribution in [2.75, 3.05) is 20.1 Å². The van der Waals surface area contributed by atoms with Crippen molar-refractivity contribution in [1.82, 2.24) is 4.90 Å². The van der Waals surface area contributed by atoms with Gasteiger partial charge in [-0.25, -0.2) is 0 Å². The van der Waals surface area contributed by atoms with Crippen molar-refractivity contribution in [3.8, 4) is 0 Å². The third-order valence-electron chi connectivity index (χ3n) is 7.04. The van der Waals surface area contributed by atoms with Crippen molar-refractivity contribution in [1.29, 1.82) is 0 Å². The Hall–Kier alpha value is -0.430. The second-order valence-corrected chi connectivity index (χ2v) is 10.3. The van der Waals surface area contributed by atoms with Gasteiger partial charge in [-0.05, 0) is 55.6 Å². The van der Waals surface area contributed by atoms with E-state index in [1.54, 1.807) is 0 Å². The summed E-state index contributed by atoms with van der Waals surface area (Å²) in [5, 5.41) is 4.50. The maximum Gasteiger partial charge on any atom is 0.243 e. The molecular formula is C21H26ClNO2S2. The first-order valence-electron chi connectivity index (χ1n) is 9.93. The smallest absolute Gasteiger partial charge is 0.243 e. The van der Waals surface area contributed by atoms with E-state index in [1.807, 2.05) is 22.7 Å². The lowest BCUT2D eigenvalue weighted by Gasteiger charge is -2.41. The zero-order chi connectivity index (χ0) is 17.4. The predicted molar refractivity (Wildman–Crippen MR) is 112 cm³/mol. The third kappa shape index (κ3) is 2.36. The highest BCUT2D eigenvalue weighted by Crippen LogP contribution is 2.66. The fraction of sp³-hybridized carbons (Fsp3) is 0.619. The summed E-state index contributed by atoms with van der Waals surface area (Å²) in [7, 11) is 2.21. The molecule has 2 aromatic rings. The molecule has 6 rings (SSSR count). The monoisotopic (exact) mass is 423 g/mol. The Labute approximate surface area is 175 Å². The fourth-order valence-corrected chi connectivity index (χ4v) is 7.85. The molecule has 27 heavy (non-hydrogen) atoms. The van der Waals surface area contributed by atoms with Crippen LogP contribution in [-0.4, -0.2) is 25.0 Å². The van der Waals surface area contributed by atoms with Gasteiger partial charge >= 0.3 is 0 Å². The second kappa shape index (κ2) is 6.28. The van der Waals surface area contributed by atoms with E-state index >= 15 is 0 Å².